The summed E-state index contributed by atoms with van der Waals surface area (Å²) in [5.41, 5.74) is 0.927. The van der Waals surface area contributed by atoms with E-state index in [1.807, 2.05) is 12.1 Å². The summed E-state index contributed by atoms with van der Waals surface area (Å²) in [5, 5.41) is 3.55. The quantitative estimate of drug-likeness (QED) is 0.807. The first-order chi connectivity index (χ1) is 8.55. The highest BCUT2D eigenvalue weighted by Gasteiger charge is 2.30. The maximum atomic E-state index is 5.62. The monoisotopic (exact) mass is 251 g/mol. The Kier molecular flexibility index (Phi) is 5.63. The third-order valence-electron chi connectivity index (χ3n) is 3.25. The van der Waals surface area contributed by atoms with Gasteiger partial charge in [0.25, 0.3) is 0 Å². The molecule has 1 aromatic rings. The summed E-state index contributed by atoms with van der Waals surface area (Å²) in [4.78, 5) is 0. The second-order valence-electron chi connectivity index (χ2n) is 4.97. The second kappa shape index (κ2) is 6.76. The van der Waals surface area contributed by atoms with Gasteiger partial charge in [-0.05, 0) is 44.5 Å². The lowest BCUT2D eigenvalue weighted by atomic mass is 9.91. The van der Waals surface area contributed by atoms with Crippen LogP contribution in [0.2, 0.25) is 0 Å². The Morgan fingerprint density at radius 1 is 1.28 bits per heavy atom. The minimum absolute atomic E-state index is 0.151. The lowest BCUT2D eigenvalue weighted by Gasteiger charge is -2.34. The van der Waals surface area contributed by atoms with Crippen molar-refractivity contribution in [2.24, 2.45) is 0 Å². The summed E-state index contributed by atoms with van der Waals surface area (Å²) in [6.07, 6.45) is 1.10. The smallest absolute Gasteiger partial charge is 0.119 e. The average Bonchev–Trinajstić information content (AvgIpc) is 2.39. The van der Waals surface area contributed by atoms with Crippen molar-refractivity contribution in [2.75, 3.05) is 20.8 Å². The van der Waals surface area contributed by atoms with E-state index in [0.717, 1.165) is 18.7 Å². The molecule has 0 aliphatic carbocycles. The molecule has 0 aliphatic heterocycles. The van der Waals surface area contributed by atoms with Crippen LogP contribution in [0.4, 0.5) is 0 Å². The SMILES string of the molecule is CCCNC(c1cccc(OC)c1)C(C)(C)OC. The van der Waals surface area contributed by atoms with Crippen molar-refractivity contribution in [3.05, 3.63) is 29.8 Å². The van der Waals surface area contributed by atoms with Gasteiger partial charge in [0.1, 0.15) is 5.75 Å². The number of benzene rings is 1. The highest BCUT2D eigenvalue weighted by Crippen LogP contribution is 2.30. The Morgan fingerprint density at radius 2 is 2.00 bits per heavy atom. The number of hydrogen-bond donors (Lipinski definition) is 1. The van der Waals surface area contributed by atoms with Crippen LogP contribution in [0.5, 0.6) is 5.75 Å². The van der Waals surface area contributed by atoms with Gasteiger partial charge in [-0.1, -0.05) is 19.1 Å². The van der Waals surface area contributed by atoms with E-state index in [9.17, 15) is 0 Å². The molecule has 0 saturated carbocycles. The van der Waals surface area contributed by atoms with Crippen LogP contribution in [-0.2, 0) is 4.74 Å². The summed E-state index contributed by atoms with van der Waals surface area (Å²) in [6, 6.07) is 8.29. The molecule has 18 heavy (non-hydrogen) atoms. The summed E-state index contributed by atoms with van der Waals surface area (Å²) < 4.78 is 10.9. The standard InChI is InChI=1S/C15H25NO2/c1-6-10-16-14(15(2,3)18-5)12-8-7-9-13(11-12)17-4/h7-9,11,14,16H,6,10H2,1-5H3. The molecule has 0 amide bonds. The largest absolute Gasteiger partial charge is 0.497 e. The molecule has 102 valence electrons. The van der Waals surface area contributed by atoms with Crippen molar-refractivity contribution >= 4 is 0 Å². The van der Waals surface area contributed by atoms with E-state index in [1.165, 1.54) is 5.56 Å². The molecule has 1 unspecified atom stereocenters. The third kappa shape index (κ3) is 3.72. The Morgan fingerprint density at radius 3 is 2.56 bits per heavy atom. The van der Waals surface area contributed by atoms with Crippen LogP contribution >= 0.6 is 0 Å². The van der Waals surface area contributed by atoms with Crippen molar-refractivity contribution in [2.45, 2.75) is 38.8 Å². The molecule has 0 aliphatic rings. The molecule has 0 radical (unpaired) electrons. The van der Waals surface area contributed by atoms with Gasteiger partial charge < -0.3 is 14.8 Å². The van der Waals surface area contributed by atoms with Gasteiger partial charge >= 0.3 is 0 Å². The molecule has 1 rings (SSSR count). The van der Waals surface area contributed by atoms with Gasteiger partial charge in [0, 0.05) is 7.11 Å². The molecule has 1 aromatic carbocycles. The summed E-state index contributed by atoms with van der Waals surface area (Å²) >= 11 is 0. The van der Waals surface area contributed by atoms with Crippen LogP contribution in [-0.4, -0.2) is 26.4 Å². The first-order valence-electron chi connectivity index (χ1n) is 6.47. The Balaban J connectivity index is 3.00. The van der Waals surface area contributed by atoms with Crippen molar-refractivity contribution in [1.82, 2.24) is 5.32 Å². The molecular weight excluding hydrogens is 226 g/mol. The molecule has 3 nitrogen and oxygen atoms in total. The minimum Gasteiger partial charge on any atom is -0.497 e. The normalized spacial score (nSPS) is 13.4. The number of ether oxygens (including phenoxy) is 2. The fourth-order valence-electron chi connectivity index (χ4n) is 1.99. The molecule has 0 fully saturated rings. The number of hydrogen-bond acceptors (Lipinski definition) is 3. The molecule has 3 heteroatoms. The number of nitrogens with one attached hydrogen (secondary N) is 1. The van der Waals surface area contributed by atoms with Crippen LogP contribution < -0.4 is 10.1 Å². The molecule has 0 aromatic heterocycles. The average molecular weight is 251 g/mol. The van der Waals surface area contributed by atoms with Crippen molar-refractivity contribution in [3.8, 4) is 5.75 Å². The predicted octanol–water partition coefficient (Wildman–Crippen LogP) is 3.16. The molecule has 0 saturated heterocycles. The molecule has 1 atom stereocenters. The molecule has 1 N–H and O–H groups in total. The van der Waals surface area contributed by atoms with Crippen molar-refractivity contribution in [1.29, 1.82) is 0 Å². The maximum Gasteiger partial charge on any atom is 0.119 e. The van der Waals surface area contributed by atoms with Crippen LogP contribution in [0, 0.1) is 0 Å². The topological polar surface area (TPSA) is 30.5 Å². The fraction of sp³-hybridized carbons (Fsp3) is 0.600. The first-order valence-corrected chi connectivity index (χ1v) is 6.47. The first kappa shape index (κ1) is 15.0. The lowest BCUT2D eigenvalue weighted by Crippen LogP contribution is -2.41. The summed E-state index contributed by atoms with van der Waals surface area (Å²) in [7, 11) is 3.44. The van der Waals surface area contributed by atoms with Gasteiger partial charge in [-0.2, -0.15) is 0 Å². The van der Waals surface area contributed by atoms with E-state index in [4.69, 9.17) is 9.47 Å². The lowest BCUT2D eigenvalue weighted by molar-refractivity contribution is -0.0111. The fourth-order valence-corrected chi connectivity index (χ4v) is 1.99. The zero-order chi connectivity index (χ0) is 13.6. The second-order valence-corrected chi connectivity index (χ2v) is 4.97. The summed E-state index contributed by atoms with van der Waals surface area (Å²) in [5.74, 6) is 0.878. The predicted molar refractivity (Wildman–Crippen MR) is 75.1 cm³/mol. The van der Waals surface area contributed by atoms with Crippen LogP contribution in [0.1, 0.15) is 38.8 Å². The van der Waals surface area contributed by atoms with Crippen LogP contribution in [0.3, 0.4) is 0 Å². The van der Waals surface area contributed by atoms with E-state index in [1.54, 1.807) is 14.2 Å². The van der Waals surface area contributed by atoms with Crippen molar-refractivity contribution < 1.29 is 9.47 Å². The van der Waals surface area contributed by atoms with E-state index in [-0.39, 0.29) is 11.6 Å². The van der Waals surface area contributed by atoms with Gasteiger partial charge in [-0.15, -0.1) is 0 Å². The molecular formula is C15H25NO2. The maximum absolute atomic E-state index is 5.62. The molecule has 0 spiro atoms. The molecule has 0 heterocycles. The van der Waals surface area contributed by atoms with E-state index >= 15 is 0 Å². The van der Waals surface area contributed by atoms with E-state index in [0.29, 0.717) is 0 Å². The van der Waals surface area contributed by atoms with Gasteiger partial charge in [0.15, 0.2) is 0 Å². The van der Waals surface area contributed by atoms with Crippen LogP contribution in [0.15, 0.2) is 24.3 Å². The van der Waals surface area contributed by atoms with E-state index < -0.39 is 0 Å². The zero-order valence-corrected chi connectivity index (χ0v) is 12.1. The third-order valence-corrected chi connectivity index (χ3v) is 3.25. The zero-order valence-electron chi connectivity index (χ0n) is 12.1. The van der Waals surface area contributed by atoms with Gasteiger partial charge in [-0.3, -0.25) is 0 Å². The Hall–Kier alpha value is -1.06. The van der Waals surface area contributed by atoms with Crippen molar-refractivity contribution in [3.63, 3.8) is 0 Å². The van der Waals surface area contributed by atoms with Gasteiger partial charge in [0.2, 0.25) is 0 Å². The minimum atomic E-state index is -0.262. The Labute approximate surface area is 110 Å². The van der Waals surface area contributed by atoms with E-state index in [2.05, 4.69) is 38.2 Å². The van der Waals surface area contributed by atoms with Crippen LogP contribution in [0.25, 0.3) is 0 Å². The Bertz CT molecular complexity index is 363. The highest BCUT2D eigenvalue weighted by atomic mass is 16.5. The number of rotatable bonds is 7. The van der Waals surface area contributed by atoms with Gasteiger partial charge in [-0.25, -0.2) is 0 Å². The highest BCUT2D eigenvalue weighted by molar-refractivity contribution is 5.31. The number of methoxy groups -OCH3 is 2. The molecule has 0 bridgehead atoms. The van der Waals surface area contributed by atoms with Gasteiger partial charge in [0.05, 0.1) is 18.8 Å². The summed E-state index contributed by atoms with van der Waals surface area (Å²) in [6.45, 7) is 7.32.